The standard InChI is InChI=1S/C26H23NO3/c1-18-10-12-19(13-11-18)17-30-25-9-5-2-6-20(25)14-24-23-8-4-3-7-22(23)21(16-27-24)15-26(28)29/h2-13,16H,14-15,17H2,1H3,(H,28,29). The monoisotopic (exact) mass is 397 g/mol. The molecule has 0 saturated heterocycles. The largest absolute Gasteiger partial charge is 0.489 e. The second kappa shape index (κ2) is 8.78. The number of benzene rings is 3. The van der Waals surface area contributed by atoms with Gasteiger partial charge < -0.3 is 9.84 Å². The lowest BCUT2D eigenvalue weighted by atomic mass is 9.99. The Labute approximate surface area is 175 Å². The smallest absolute Gasteiger partial charge is 0.307 e. The summed E-state index contributed by atoms with van der Waals surface area (Å²) in [6.07, 6.45) is 2.25. The second-order valence-electron chi connectivity index (χ2n) is 7.41. The summed E-state index contributed by atoms with van der Waals surface area (Å²) in [5.74, 6) is -0.0249. The van der Waals surface area contributed by atoms with E-state index in [1.165, 1.54) is 5.56 Å². The quantitative estimate of drug-likeness (QED) is 0.457. The molecule has 30 heavy (non-hydrogen) atoms. The number of carboxylic acids is 1. The van der Waals surface area contributed by atoms with E-state index >= 15 is 0 Å². The number of aryl methyl sites for hydroxylation is 1. The molecule has 150 valence electrons. The maximum atomic E-state index is 11.2. The first kappa shape index (κ1) is 19.6. The molecular formula is C26H23NO3. The Morgan fingerprint density at radius 3 is 2.37 bits per heavy atom. The SMILES string of the molecule is Cc1ccc(COc2ccccc2Cc2ncc(CC(=O)O)c3ccccc23)cc1. The zero-order valence-electron chi connectivity index (χ0n) is 16.8. The fourth-order valence-electron chi connectivity index (χ4n) is 3.57. The van der Waals surface area contributed by atoms with Crippen molar-refractivity contribution < 1.29 is 14.6 Å². The molecule has 3 aromatic carbocycles. The highest BCUT2D eigenvalue weighted by atomic mass is 16.5. The van der Waals surface area contributed by atoms with Crippen molar-refractivity contribution in [2.45, 2.75) is 26.4 Å². The Kier molecular flexibility index (Phi) is 5.75. The maximum absolute atomic E-state index is 11.2. The number of nitrogens with zero attached hydrogens (tertiary/aromatic N) is 1. The molecule has 1 heterocycles. The highest BCUT2D eigenvalue weighted by Gasteiger charge is 2.12. The van der Waals surface area contributed by atoms with Crippen LogP contribution in [0.1, 0.15) is 27.9 Å². The van der Waals surface area contributed by atoms with Gasteiger partial charge in [-0.25, -0.2) is 0 Å². The molecule has 4 heteroatoms. The van der Waals surface area contributed by atoms with Gasteiger partial charge in [-0.1, -0.05) is 72.3 Å². The highest BCUT2D eigenvalue weighted by molar-refractivity contribution is 5.90. The van der Waals surface area contributed by atoms with E-state index in [-0.39, 0.29) is 6.42 Å². The molecule has 0 aliphatic carbocycles. The molecule has 0 radical (unpaired) electrons. The first-order valence-corrected chi connectivity index (χ1v) is 9.93. The first-order valence-electron chi connectivity index (χ1n) is 9.93. The molecule has 0 aliphatic heterocycles. The van der Waals surface area contributed by atoms with E-state index in [2.05, 4.69) is 36.2 Å². The number of carbonyl (C=O) groups is 1. The maximum Gasteiger partial charge on any atom is 0.307 e. The van der Waals surface area contributed by atoms with E-state index < -0.39 is 5.97 Å². The Balaban J connectivity index is 1.61. The van der Waals surface area contributed by atoms with E-state index in [4.69, 9.17) is 4.74 Å². The van der Waals surface area contributed by atoms with Crippen molar-refractivity contribution in [3.63, 3.8) is 0 Å². The number of carboxylic acid groups (broad SMARTS) is 1. The Hall–Kier alpha value is -3.66. The summed E-state index contributed by atoms with van der Waals surface area (Å²) in [7, 11) is 0. The number of rotatable bonds is 7. The van der Waals surface area contributed by atoms with Crippen molar-refractivity contribution in [1.29, 1.82) is 0 Å². The zero-order chi connectivity index (χ0) is 20.9. The van der Waals surface area contributed by atoms with Crippen LogP contribution in [0.4, 0.5) is 0 Å². The molecule has 0 unspecified atom stereocenters. The van der Waals surface area contributed by atoms with Gasteiger partial charge in [-0.15, -0.1) is 0 Å². The summed E-state index contributed by atoms with van der Waals surface area (Å²) >= 11 is 0. The number of aromatic nitrogens is 1. The fourth-order valence-corrected chi connectivity index (χ4v) is 3.57. The predicted octanol–water partition coefficient (Wildman–Crippen LogP) is 5.34. The third-order valence-corrected chi connectivity index (χ3v) is 5.15. The van der Waals surface area contributed by atoms with Crippen molar-refractivity contribution in [2.24, 2.45) is 0 Å². The molecule has 4 nitrogen and oxygen atoms in total. The average molecular weight is 397 g/mol. The highest BCUT2D eigenvalue weighted by Crippen LogP contribution is 2.27. The zero-order valence-corrected chi connectivity index (χ0v) is 16.8. The Morgan fingerprint density at radius 2 is 1.60 bits per heavy atom. The van der Waals surface area contributed by atoms with Crippen molar-refractivity contribution in [3.05, 3.63) is 107 Å². The van der Waals surface area contributed by atoms with Crippen molar-refractivity contribution in [3.8, 4) is 5.75 Å². The summed E-state index contributed by atoms with van der Waals surface area (Å²) in [5, 5.41) is 11.1. The number of hydrogen-bond donors (Lipinski definition) is 1. The van der Waals surface area contributed by atoms with Gasteiger partial charge in [-0.3, -0.25) is 9.78 Å². The summed E-state index contributed by atoms with van der Waals surface area (Å²) in [6.45, 7) is 2.57. The van der Waals surface area contributed by atoms with Gasteiger partial charge in [0, 0.05) is 23.6 Å². The van der Waals surface area contributed by atoms with E-state index in [1.54, 1.807) is 6.20 Å². The molecule has 4 aromatic rings. The molecule has 1 N–H and O–H groups in total. The van der Waals surface area contributed by atoms with Gasteiger partial charge in [0.2, 0.25) is 0 Å². The third-order valence-electron chi connectivity index (χ3n) is 5.15. The summed E-state index contributed by atoms with van der Waals surface area (Å²) in [6, 6.07) is 24.1. The van der Waals surface area contributed by atoms with Crippen molar-refractivity contribution in [1.82, 2.24) is 4.98 Å². The van der Waals surface area contributed by atoms with Crippen LogP contribution in [0.5, 0.6) is 5.75 Å². The number of pyridine rings is 1. The second-order valence-corrected chi connectivity index (χ2v) is 7.41. The minimum absolute atomic E-state index is 0.0377. The Bertz CT molecular complexity index is 1180. The minimum Gasteiger partial charge on any atom is -0.489 e. The van der Waals surface area contributed by atoms with E-state index in [9.17, 15) is 9.90 Å². The van der Waals surface area contributed by atoms with Crippen LogP contribution >= 0.6 is 0 Å². The van der Waals surface area contributed by atoms with Crippen LogP contribution in [0.2, 0.25) is 0 Å². The summed E-state index contributed by atoms with van der Waals surface area (Å²) in [4.78, 5) is 15.8. The number of ether oxygens (including phenoxy) is 1. The van der Waals surface area contributed by atoms with E-state index in [0.29, 0.717) is 13.0 Å². The van der Waals surface area contributed by atoms with Gasteiger partial charge in [-0.05, 0) is 29.5 Å². The molecular weight excluding hydrogens is 374 g/mol. The van der Waals surface area contributed by atoms with Crippen LogP contribution in [0, 0.1) is 6.92 Å². The normalized spacial score (nSPS) is 10.8. The van der Waals surface area contributed by atoms with Gasteiger partial charge in [0.05, 0.1) is 12.1 Å². The Morgan fingerprint density at radius 1 is 0.900 bits per heavy atom. The van der Waals surface area contributed by atoms with Crippen LogP contribution in [-0.4, -0.2) is 16.1 Å². The number of para-hydroxylation sites is 1. The van der Waals surface area contributed by atoms with Gasteiger partial charge in [-0.2, -0.15) is 0 Å². The van der Waals surface area contributed by atoms with Crippen LogP contribution in [0.15, 0.2) is 79.0 Å². The van der Waals surface area contributed by atoms with Crippen LogP contribution in [0.25, 0.3) is 10.8 Å². The molecule has 0 amide bonds. The summed E-state index contributed by atoms with van der Waals surface area (Å²) < 4.78 is 6.12. The number of fused-ring (bicyclic) bond motifs is 1. The molecule has 0 bridgehead atoms. The molecule has 0 aliphatic rings. The number of aliphatic carboxylic acids is 1. The topological polar surface area (TPSA) is 59.4 Å². The van der Waals surface area contributed by atoms with Crippen LogP contribution < -0.4 is 4.74 Å². The van der Waals surface area contributed by atoms with E-state index in [0.717, 1.165) is 38.9 Å². The average Bonchev–Trinajstić information content (AvgIpc) is 2.75. The molecule has 1 aromatic heterocycles. The lowest BCUT2D eigenvalue weighted by Crippen LogP contribution is -2.04. The minimum atomic E-state index is -0.857. The lowest BCUT2D eigenvalue weighted by molar-refractivity contribution is -0.136. The fraction of sp³-hybridized carbons (Fsp3) is 0.154. The van der Waals surface area contributed by atoms with Gasteiger partial charge >= 0.3 is 5.97 Å². The predicted molar refractivity (Wildman–Crippen MR) is 118 cm³/mol. The van der Waals surface area contributed by atoms with Gasteiger partial charge in [0.15, 0.2) is 0 Å². The molecule has 0 saturated carbocycles. The van der Waals surface area contributed by atoms with Crippen molar-refractivity contribution in [2.75, 3.05) is 0 Å². The first-order chi connectivity index (χ1) is 14.6. The van der Waals surface area contributed by atoms with Gasteiger partial charge in [0.25, 0.3) is 0 Å². The van der Waals surface area contributed by atoms with Crippen LogP contribution in [0.3, 0.4) is 0 Å². The summed E-state index contributed by atoms with van der Waals surface area (Å²) in [5.41, 5.74) is 5.03. The molecule has 0 atom stereocenters. The molecule has 0 fully saturated rings. The van der Waals surface area contributed by atoms with Crippen molar-refractivity contribution >= 4 is 16.7 Å². The molecule has 0 spiro atoms. The third kappa shape index (κ3) is 4.49. The number of hydrogen-bond acceptors (Lipinski definition) is 3. The van der Waals surface area contributed by atoms with Gasteiger partial charge in [0.1, 0.15) is 12.4 Å². The lowest BCUT2D eigenvalue weighted by Gasteiger charge is -2.13. The molecule has 4 rings (SSSR count). The van der Waals surface area contributed by atoms with Crippen LogP contribution in [-0.2, 0) is 24.2 Å². The van der Waals surface area contributed by atoms with E-state index in [1.807, 2.05) is 48.5 Å².